The van der Waals surface area contributed by atoms with Gasteiger partial charge in [0.2, 0.25) is 5.95 Å². The molecule has 1 rings (SSSR count). The van der Waals surface area contributed by atoms with Crippen molar-refractivity contribution in [2.45, 2.75) is 50.5 Å². The fraction of sp³-hybridized carbons (Fsp3) is 0.667. The van der Waals surface area contributed by atoms with Gasteiger partial charge in [0.05, 0.1) is 6.10 Å². The van der Waals surface area contributed by atoms with Gasteiger partial charge in [-0.15, -0.1) is 11.8 Å². The van der Waals surface area contributed by atoms with Crippen LogP contribution in [-0.4, -0.2) is 33.0 Å². The summed E-state index contributed by atoms with van der Waals surface area (Å²) in [5.74, 6) is 0.665. The molecule has 1 aromatic heterocycles. The van der Waals surface area contributed by atoms with Gasteiger partial charge < -0.3 is 10.4 Å². The highest BCUT2D eigenvalue weighted by Crippen LogP contribution is 2.26. The lowest BCUT2D eigenvalue weighted by Crippen LogP contribution is -2.15. The number of aromatic nitrogens is 2. The predicted molar refractivity (Wildman–Crippen MR) is 72.5 cm³/mol. The van der Waals surface area contributed by atoms with E-state index in [2.05, 4.69) is 22.2 Å². The minimum atomic E-state index is -0.346. The molecule has 2 atom stereocenters. The first-order valence-electron chi connectivity index (χ1n) is 5.96. The van der Waals surface area contributed by atoms with Crippen LogP contribution in [0.15, 0.2) is 11.2 Å². The topological polar surface area (TPSA) is 58.0 Å². The number of nitrogens with one attached hydrogen (secondary N) is 1. The van der Waals surface area contributed by atoms with Crippen molar-refractivity contribution in [3.8, 4) is 0 Å². The van der Waals surface area contributed by atoms with Gasteiger partial charge in [-0.3, -0.25) is 0 Å². The minimum absolute atomic E-state index is 0.127. The van der Waals surface area contributed by atoms with Crippen LogP contribution in [0.4, 0.5) is 5.95 Å². The average Bonchev–Trinajstić information content (AvgIpc) is 2.29. The summed E-state index contributed by atoms with van der Waals surface area (Å²) in [6.45, 7) is 8.76. The molecule has 0 aliphatic heterocycles. The Morgan fingerprint density at radius 3 is 2.76 bits per heavy atom. The molecule has 0 saturated heterocycles. The first-order valence-corrected chi connectivity index (χ1v) is 6.84. The number of anilines is 1. The Morgan fingerprint density at radius 2 is 2.18 bits per heavy atom. The maximum Gasteiger partial charge on any atom is 0.223 e. The van der Waals surface area contributed by atoms with Crippen molar-refractivity contribution in [1.29, 1.82) is 0 Å². The van der Waals surface area contributed by atoms with Gasteiger partial charge in [-0.1, -0.05) is 13.8 Å². The van der Waals surface area contributed by atoms with Crippen LogP contribution in [0.25, 0.3) is 0 Å². The maximum atomic E-state index is 9.50. The molecule has 1 heterocycles. The zero-order valence-corrected chi connectivity index (χ0v) is 11.7. The number of nitrogens with zero attached hydrogens (tertiary/aromatic N) is 2. The van der Waals surface area contributed by atoms with Crippen LogP contribution in [0.3, 0.4) is 0 Å². The van der Waals surface area contributed by atoms with Crippen LogP contribution in [0.1, 0.15) is 32.8 Å². The van der Waals surface area contributed by atoms with Gasteiger partial charge in [0.1, 0.15) is 5.03 Å². The number of rotatable bonds is 6. The molecular formula is C12H21N3OS. The Balaban J connectivity index is 2.75. The number of hydrogen-bond acceptors (Lipinski definition) is 5. The summed E-state index contributed by atoms with van der Waals surface area (Å²) < 4.78 is 0. The first-order chi connectivity index (χ1) is 8.04. The zero-order chi connectivity index (χ0) is 12.8. The molecule has 0 bridgehead atoms. The molecule has 0 fully saturated rings. The second-order valence-electron chi connectivity index (χ2n) is 4.17. The molecule has 96 valence electrons. The summed E-state index contributed by atoms with van der Waals surface area (Å²) in [5, 5.41) is 13.7. The minimum Gasteiger partial charge on any atom is -0.392 e. The number of hydrogen-bond donors (Lipinski definition) is 2. The van der Waals surface area contributed by atoms with E-state index in [1.165, 1.54) is 0 Å². The predicted octanol–water partition coefficient (Wildman–Crippen LogP) is 2.47. The Labute approximate surface area is 107 Å². The van der Waals surface area contributed by atoms with Crippen LogP contribution in [0.2, 0.25) is 0 Å². The summed E-state index contributed by atoms with van der Waals surface area (Å²) in [7, 11) is 0. The third-order valence-corrected chi connectivity index (χ3v) is 3.84. The largest absolute Gasteiger partial charge is 0.392 e. The molecule has 4 nitrogen and oxygen atoms in total. The highest BCUT2D eigenvalue weighted by Gasteiger charge is 2.13. The standard InChI is InChI=1S/C12H21N3OS/c1-5-6-13-12-14-7-8(2)11(15-12)17-10(4)9(3)16/h7,9-10,16H,5-6H2,1-4H3,(H,13,14,15). The van der Waals surface area contributed by atoms with Crippen molar-refractivity contribution in [3.05, 3.63) is 11.8 Å². The molecule has 1 aromatic rings. The maximum absolute atomic E-state index is 9.50. The molecule has 2 N–H and O–H groups in total. The summed E-state index contributed by atoms with van der Waals surface area (Å²) in [4.78, 5) is 8.69. The lowest BCUT2D eigenvalue weighted by atomic mass is 10.3. The molecule has 0 aliphatic rings. The summed E-state index contributed by atoms with van der Waals surface area (Å²) in [6.07, 6.45) is 2.52. The van der Waals surface area contributed by atoms with E-state index >= 15 is 0 Å². The van der Waals surface area contributed by atoms with Gasteiger partial charge in [-0.05, 0) is 25.8 Å². The lowest BCUT2D eigenvalue weighted by molar-refractivity contribution is 0.196. The number of thioether (sulfide) groups is 1. The van der Waals surface area contributed by atoms with Crippen LogP contribution < -0.4 is 5.32 Å². The lowest BCUT2D eigenvalue weighted by Gasteiger charge is -2.15. The Kier molecular flexibility index (Phi) is 5.71. The summed E-state index contributed by atoms with van der Waals surface area (Å²) >= 11 is 1.58. The van der Waals surface area contributed by atoms with Crippen molar-refractivity contribution in [2.24, 2.45) is 0 Å². The number of aryl methyl sites for hydroxylation is 1. The molecule has 17 heavy (non-hydrogen) atoms. The van der Waals surface area contributed by atoms with Crippen molar-refractivity contribution >= 4 is 17.7 Å². The SMILES string of the molecule is CCCNc1ncc(C)c(SC(C)C(C)O)n1. The highest BCUT2D eigenvalue weighted by molar-refractivity contribution is 7.99. The Morgan fingerprint density at radius 1 is 1.47 bits per heavy atom. The number of aliphatic hydroxyl groups excluding tert-OH is 1. The van der Waals surface area contributed by atoms with Crippen LogP contribution in [0, 0.1) is 6.92 Å². The Hall–Kier alpha value is -0.810. The fourth-order valence-electron chi connectivity index (χ4n) is 1.14. The molecule has 0 aliphatic carbocycles. The molecular weight excluding hydrogens is 234 g/mol. The smallest absolute Gasteiger partial charge is 0.223 e. The van der Waals surface area contributed by atoms with E-state index in [1.54, 1.807) is 18.7 Å². The number of aliphatic hydroxyl groups is 1. The zero-order valence-electron chi connectivity index (χ0n) is 10.9. The average molecular weight is 255 g/mol. The van der Waals surface area contributed by atoms with Crippen molar-refractivity contribution < 1.29 is 5.11 Å². The van der Waals surface area contributed by atoms with Crippen LogP contribution in [-0.2, 0) is 0 Å². The molecule has 0 amide bonds. The van der Waals surface area contributed by atoms with Crippen LogP contribution in [0.5, 0.6) is 0 Å². The van der Waals surface area contributed by atoms with Crippen molar-refractivity contribution in [1.82, 2.24) is 9.97 Å². The molecule has 2 unspecified atom stereocenters. The fourth-order valence-corrected chi connectivity index (χ4v) is 2.07. The third-order valence-electron chi connectivity index (χ3n) is 2.44. The second kappa shape index (κ2) is 6.81. The Bertz CT molecular complexity index is 358. The van der Waals surface area contributed by atoms with E-state index in [0.717, 1.165) is 23.6 Å². The monoisotopic (exact) mass is 255 g/mol. The van der Waals surface area contributed by atoms with E-state index in [0.29, 0.717) is 5.95 Å². The van der Waals surface area contributed by atoms with Gasteiger partial charge >= 0.3 is 0 Å². The summed E-state index contributed by atoms with van der Waals surface area (Å²) in [5.41, 5.74) is 1.05. The third kappa shape index (κ3) is 4.52. The molecule has 0 saturated carbocycles. The highest BCUT2D eigenvalue weighted by atomic mass is 32.2. The van der Waals surface area contributed by atoms with Crippen LogP contribution >= 0.6 is 11.8 Å². The van der Waals surface area contributed by atoms with Gasteiger partial charge in [0.25, 0.3) is 0 Å². The normalized spacial score (nSPS) is 14.4. The van der Waals surface area contributed by atoms with E-state index in [-0.39, 0.29) is 11.4 Å². The van der Waals surface area contributed by atoms with Gasteiger partial charge in [-0.25, -0.2) is 9.97 Å². The summed E-state index contributed by atoms with van der Waals surface area (Å²) in [6, 6.07) is 0. The molecule has 5 heteroatoms. The quantitative estimate of drug-likeness (QED) is 0.604. The van der Waals surface area contributed by atoms with E-state index < -0.39 is 0 Å². The van der Waals surface area contributed by atoms with E-state index in [9.17, 15) is 5.11 Å². The van der Waals surface area contributed by atoms with E-state index in [1.807, 2.05) is 20.0 Å². The molecule has 0 spiro atoms. The van der Waals surface area contributed by atoms with Gasteiger partial charge in [-0.2, -0.15) is 0 Å². The van der Waals surface area contributed by atoms with E-state index in [4.69, 9.17) is 0 Å². The van der Waals surface area contributed by atoms with Crippen molar-refractivity contribution in [2.75, 3.05) is 11.9 Å². The van der Waals surface area contributed by atoms with Gasteiger partial charge in [0, 0.05) is 18.0 Å². The molecule has 0 aromatic carbocycles. The molecule has 0 radical (unpaired) electrons. The van der Waals surface area contributed by atoms with Gasteiger partial charge in [0.15, 0.2) is 0 Å². The van der Waals surface area contributed by atoms with Crippen molar-refractivity contribution in [3.63, 3.8) is 0 Å². The first kappa shape index (κ1) is 14.3. The second-order valence-corrected chi connectivity index (χ2v) is 5.54.